The number of hydrogen-bond donors (Lipinski definition) is 1. The number of benzene rings is 4. The number of carbonyl (C=O) groups is 1. The Bertz CT molecular complexity index is 1380. The Labute approximate surface area is 218 Å². The van der Waals surface area contributed by atoms with Crippen molar-refractivity contribution < 1.29 is 13.2 Å². The van der Waals surface area contributed by atoms with Crippen LogP contribution in [0.4, 0.5) is 5.69 Å². The van der Waals surface area contributed by atoms with Crippen LogP contribution in [0.15, 0.2) is 128 Å². The van der Waals surface area contributed by atoms with E-state index >= 15 is 0 Å². The van der Waals surface area contributed by atoms with Crippen LogP contribution in [0.25, 0.3) is 0 Å². The Balaban J connectivity index is 1.57. The molecule has 0 spiro atoms. The summed E-state index contributed by atoms with van der Waals surface area (Å²) in [5.74, 6) is -0.414. The summed E-state index contributed by atoms with van der Waals surface area (Å²) < 4.78 is 28.9. The van der Waals surface area contributed by atoms with Crippen LogP contribution >= 0.6 is 27.7 Å². The van der Waals surface area contributed by atoms with Gasteiger partial charge in [0.25, 0.3) is 0 Å². The SMILES string of the molecule is O=C(CN(Cc1ccccc1)S(=O)(=O)c1ccc(Br)cc1)Nc1ccccc1Sc1ccccc1. The largest absolute Gasteiger partial charge is 0.324 e. The van der Waals surface area contributed by atoms with Gasteiger partial charge in [-0.1, -0.05) is 88.4 Å². The smallest absolute Gasteiger partial charge is 0.243 e. The van der Waals surface area contributed by atoms with E-state index in [9.17, 15) is 13.2 Å². The van der Waals surface area contributed by atoms with Crippen molar-refractivity contribution in [3.63, 3.8) is 0 Å². The summed E-state index contributed by atoms with van der Waals surface area (Å²) in [5, 5.41) is 2.91. The van der Waals surface area contributed by atoms with Gasteiger partial charge in [0.15, 0.2) is 0 Å². The molecule has 4 aromatic carbocycles. The molecule has 0 aliphatic heterocycles. The highest BCUT2D eigenvalue weighted by Gasteiger charge is 2.27. The number of nitrogens with one attached hydrogen (secondary N) is 1. The fourth-order valence-electron chi connectivity index (χ4n) is 3.39. The quantitative estimate of drug-likeness (QED) is 0.253. The van der Waals surface area contributed by atoms with E-state index < -0.39 is 15.9 Å². The zero-order chi connectivity index (χ0) is 24.7. The van der Waals surface area contributed by atoms with E-state index in [0.717, 1.165) is 19.8 Å². The minimum atomic E-state index is -3.92. The predicted molar refractivity (Wildman–Crippen MR) is 144 cm³/mol. The molecule has 5 nitrogen and oxygen atoms in total. The molecule has 4 rings (SSSR count). The Morgan fingerprint density at radius 2 is 1.40 bits per heavy atom. The van der Waals surface area contributed by atoms with Gasteiger partial charge >= 0.3 is 0 Å². The highest BCUT2D eigenvalue weighted by molar-refractivity contribution is 9.10. The fourth-order valence-corrected chi connectivity index (χ4v) is 5.96. The summed E-state index contributed by atoms with van der Waals surface area (Å²) >= 11 is 4.87. The van der Waals surface area contributed by atoms with Gasteiger partial charge in [0.05, 0.1) is 17.1 Å². The molecule has 0 saturated carbocycles. The van der Waals surface area contributed by atoms with Crippen molar-refractivity contribution in [2.75, 3.05) is 11.9 Å². The Morgan fingerprint density at radius 1 is 0.800 bits per heavy atom. The second-order valence-corrected chi connectivity index (χ2v) is 11.6. The lowest BCUT2D eigenvalue weighted by Gasteiger charge is -2.22. The Kier molecular flexibility index (Phi) is 8.41. The third-order valence-electron chi connectivity index (χ3n) is 5.11. The number of hydrogen-bond acceptors (Lipinski definition) is 4. The van der Waals surface area contributed by atoms with Crippen LogP contribution in [0.3, 0.4) is 0 Å². The van der Waals surface area contributed by atoms with E-state index in [1.807, 2.05) is 84.9 Å². The van der Waals surface area contributed by atoms with Crippen LogP contribution in [0, 0.1) is 0 Å². The zero-order valence-corrected chi connectivity index (χ0v) is 21.9. The van der Waals surface area contributed by atoms with Crippen LogP contribution in [0.5, 0.6) is 0 Å². The van der Waals surface area contributed by atoms with Gasteiger partial charge in [-0.15, -0.1) is 0 Å². The molecule has 0 bridgehead atoms. The summed E-state index contributed by atoms with van der Waals surface area (Å²) in [7, 11) is -3.92. The number of carbonyl (C=O) groups excluding carboxylic acids is 1. The number of halogens is 1. The topological polar surface area (TPSA) is 66.5 Å². The van der Waals surface area contributed by atoms with Crippen LogP contribution in [-0.4, -0.2) is 25.2 Å². The van der Waals surface area contributed by atoms with Gasteiger partial charge in [-0.25, -0.2) is 8.42 Å². The minimum Gasteiger partial charge on any atom is -0.324 e. The van der Waals surface area contributed by atoms with Gasteiger partial charge in [-0.3, -0.25) is 4.79 Å². The van der Waals surface area contributed by atoms with Crippen molar-refractivity contribution in [1.82, 2.24) is 4.31 Å². The number of rotatable bonds is 9. The molecular weight excluding hydrogens is 544 g/mol. The van der Waals surface area contributed by atoms with Gasteiger partial charge < -0.3 is 5.32 Å². The average molecular weight is 568 g/mol. The lowest BCUT2D eigenvalue weighted by atomic mass is 10.2. The lowest BCUT2D eigenvalue weighted by molar-refractivity contribution is -0.116. The lowest BCUT2D eigenvalue weighted by Crippen LogP contribution is -2.37. The number of nitrogens with zero attached hydrogens (tertiary/aromatic N) is 1. The van der Waals surface area contributed by atoms with Crippen molar-refractivity contribution in [3.8, 4) is 0 Å². The fraction of sp³-hybridized carbons (Fsp3) is 0.0741. The number of para-hydroxylation sites is 1. The van der Waals surface area contributed by atoms with E-state index in [1.54, 1.807) is 12.1 Å². The highest BCUT2D eigenvalue weighted by Crippen LogP contribution is 2.33. The molecule has 178 valence electrons. The molecule has 0 radical (unpaired) electrons. The van der Waals surface area contributed by atoms with Crippen LogP contribution < -0.4 is 5.32 Å². The van der Waals surface area contributed by atoms with Crippen LogP contribution in [0.2, 0.25) is 0 Å². The third-order valence-corrected chi connectivity index (χ3v) is 8.52. The minimum absolute atomic E-state index is 0.0765. The molecule has 0 fully saturated rings. The van der Waals surface area contributed by atoms with Crippen LogP contribution in [0.1, 0.15) is 5.56 Å². The average Bonchev–Trinajstić information content (AvgIpc) is 2.86. The number of anilines is 1. The first-order chi connectivity index (χ1) is 16.9. The van der Waals surface area contributed by atoms with Gasteiger partial charge in [0, 0.05) is 20.8 Å². The van der Waals surface area contributed by atoms with Gasteiger partial charge in [0.2, 0.25) is 15.9 Å². The summed E-state index contributed by atoms with van der Waals surface area (Å²) in [6.45, 7) is -0.245. The number of sulfonamides is 1. The zero-order valence-electron chi connectivity index (χ0n) is 18.7. The number of amides is 1. The van der Waals surface area contributed by atoms with Gasteiger partial charge in [-0.05, 0) is 54.1 Å². The standard InChI is InChI=1S/C27H23BrN2O3S2/c28-22-15-17-24(18-16-22)35(32,33)30(19-21-9-3-1-4-10-21)20-27(31)29-25-13-7-8-14-26(25)34-23-11-5-2-6-12-23/h1-18H,19-20H2,(H,29,31). The van der Waals surface area contributed by atoms with Crippen molar-refractivity contribution in [3.05, 3.63) is 119 Å². The molecule has 1 amide bonds. The van der Waals surface area contributed by atoms with E-state index in [0.29, 0.717) is 5.69 Å². The molecule has 0 saturated heterocycles. The maximum atomic E-state index is 13.5. The van der Waals surface area contributed by atoms with Crippen molar-refractivity contribution in [1.29, 1.82) is 0 Å². The third kappa shape index (κ3) is 6.82. The monoisotopic (exact) mass is 566 g/mol. The second kappa shape index (κ2) is 11.7. The first-order valence-corrected chi connectivity index (χ1v) is 13.9. The maximum absolute atomic E-state index is 13.5. The molecule has 35 heavy (non-hydrogen) atoms. The summed E-state index contributed by atoms with van der Waals surface area (Å²) in [5.41, 5.74) is 1.42. The van der Waals surface area contributed by atoms with Gasteiger partial charge in [0.1, 0.15) is 0 Å². The summed E-state index contributed by atoms with van der Waals surface area (Å²) in [4.78, 5) is 15.2. The molecule has 0 atom stereocenters. The molecule has 0 unspecified atom stereocenters. The van der Waals surface area contributed by atoms with E-state index in [4.69, 9.17) is 0 Å². The van der Waals surface area contributed by atoms with Crippen molar-refractivity contribution in [2.24, 2.45) is 0 Å². The van der Waals surface area contributed by atoms with Crippen LogP contribution in [-0.2, 0) is 21.4 Å². The molecule has 1 N–H and O–H groups in total. The molecule has 0 heterocycles. The second-order valence-electron chi connectivity index (χ2n) is 7.67. The van der Waals surface area contributed by atoms with Crippen molar-refractivity contribution >= 4 is 49.3 Å². The molecule has 0 aliphatic rings. The normalized spacial score (nSPS) is 11.4. The highest BCUT2D eigenvalue weighted by atomic mass is 79.9. The molecule has 0 aromatic heterocycles. The first-order valence-electron chi connectivity index (χ1n) is 10.8. The maximum Gasteiger partial charge on any atom is 0.243 e. The molecule has 0 aliphatic carbocycles. The molecule has 8 heteroatoms. The van der Waals surface area contributed by atoms with E-state index in [1.165, 1.54) is 28.2 Å². The molecular formula is C27H23BrN2O3S2. The van der Waals surface area contributed by atoms with E-state index in [2.05, 4.69) is 21.2 Å². The summed E-state index contributed by atoms with van der Waals surface area (Å²) in [6.07, 6.45) is 0. The Morgan fingerprint density at radius 3 is 2.09 bits per heavy atom. The van der Waals surface area contributed by atoms with Crippen molar-refractivity contribution in [2.45, 2.75) is 21.2 Å². The summed E-state index contributed by atoms with van der Waals surface area (Å²) in [6, 6.07) is 33.0. The van der Waals surface area contributed by atoms with E-state index in [-0.39, 0.29) is 18.0 Å². The first kappa shape index (κ1) is 25.2. The predicted octanol–water partition coefficient (Wildman–Crippen LogP) is 6.43. The van der Waals surface area contributed by atoms with Gasteiger partial charge in [-0.2, -0.15) is 4.31 Å². The Hall–Kier alpha value is -2.91. The molecule has 4 aromatic rings.